The van der Waals surface area contributed by atoms with Crippen molar-refractivity contribution in [2.24, 2.45) is 0 Å². The Morgan fingerprint density at radius 3 is 2.68 bits per heavy atom. The smallest absolute Gasteiger partial charge is 0.242 e. The summed E-state index contributed by atoms with van der Waals surface area (Å²) in [7, 11) is -0.511. The monoisotopic (exact) mass is 392 g/mol. The van der Waals surface area contributed by atoms with Gasteiger partial charge < -0.3 is 0 Å². The molecule has 5 aromatic rings. The highest BCUT2D eigenvalue weighted by Gasteiger charge is 2.21. The maximum absolute atomic E-state index is 12.6. The summed E-state index contributed by atoms with van der Waals surface area (Å²) in [6.45, 7) is 0. The molecule has 8 nitrogen and oxygen atoms in total. The number of hydrogen-bond acceptors (Lipinski definition) is 5. The lowest BCUT2D eigenvalue weighted by molar-refractivity contribution is 0.520. The fourth-order valence-corrected chi connectivity index (χ4v) is 4.36. The van der Waals surface area contributed by atoms with Gasteiger partial charge >= 0.3 is 0 Å². The molecule has 0 saturated carbocycles. The van der Waals surface area contributed by atoms with Crippen LogP contribution in [0.1, 0.15) is 0 Å². The Bertz CT molecular complexity index is 1460. The maximum Gasteiger partial charge on any atom is 0.242 e. The van der Waals surface area contributed by atoms with Crippen molar-refractivity contribution in [1.82, 2.24) is 28.2 Å². The Hall–Kier alpha value is -3.30. The van der Waals surface area contributed by atoms with E-state index >= 15 is 0 Å². The molecule has 0 spiro atoms. The molecular weight excluding hydrogens is 376 g/mol. The largest absolute Gasteiger partial charge is 0.293 e. The highest BCUT2D eigenvalue weighted by atomic mass is 32.2. The Balaban J connectivity index is 1.91. The molecule has 0 aliphatic carbocycles. The minimum atomic E-state index is -3.55. The lowest BCUT2D eigenvalue weighted by atomic mass is 10.3. The first-order chi connectivity index (χ1) is 13.5. The van der Waals surface area contributed by atoms with Crippen molar-refractivity contribution < 1.29 is 8.42 Å². The van der Waals surface area contributed by atoms with Crippen LogP contribution in [0.5, 0.6) is 0 Å². The van der Waals surface area contributed by atoms with E-state index in [1.165, 1.54) is 18.4 Å². The zero-order valence-electron chi connectivity index (χ0n) is 15.2. The van der Waals surface area contributed by atoms with Crippen LogP contribution in [0.2, 0.25) is 0 Å². The molecule has 1 aromatic carbocycles. The van der Waals surface area contributed by atoms with Gasteiger partial charge in [0.15, 0.2) is 5.65 Å². The Morgan fingerprint density at radius 1 is 1.04 bits per heavy atom. The second-order valence-electron chi connectivity index (χ2n) is 6.61. The predicted octanol–water partition coefficient (Wildman–Crippen LogP) is 2.47. The number of fused-ring (bicyclic) bond motifs is 5. The number of pyridine rings is 1. The average molecular weight is 392 g/mol. The van der Waals surface area contributed by atoms with E-state index in [4.69, 9.17) is 4.98 Å². The minimum Gasteiger partial charge on any atom is -0.293 e. The predicted molar refractivity (Wildman–Crippen MR) is 106 cm³/mol. The number of imidazole rings is 1. The van der Waals surface area contributed by atoms with Crippen LogP contribution in [0.25, 0.3) is 33.4 Å². The summed E-state index contributed by atoms with van der Waals surface area (Å²) in [6, 6.07) is 10.6. The average Bonchev–Trinajstić information content (AvgIpc) is 3.23. The molecule has 28 heavy (non-hydrogen) atoms. The lowest BCUT2D eigenvalue weighted by Gasteiger charge is -2.13. The zero-order valence-corrected chi connectivity index (χ0v) is 16.0. The van der Waals surface area contributed by atoms with Crippen LogP contribution in [0.4, 0.5) is 0 Å². The molecule has 0 aliphatic rings. The van der Waals surface area contributed by atoms with Crippen molar-refractivity contribution in [3.63, 3.8) is 0 Å². The van der Waals surface area contributed by atoms with Crippen molar-refractivity contribution in [2.45, 2.75) is 4.90 Å². The third kappa shape index (κ3) is 2.26. The number of nitrogens with zero attached hydrogens (tertiary/aromatic N) is 6. The van der Waals surface area contributed by atoms with E-state index in [1.807, 2.05) is 27.2 Å². The molecular formula is C19H16N6O2S. The maximum atomic E-state index is 12.6. The van der Waals surface area contributed by atoms with Gasteiger partial charge in [-0.25, -0.2) is 22.7 Å². The molecule has 140 valence electrons. The highest BCUT2D eigenvalue weighted by molar-refractivity contribution is 7.89. The van der Waals surface area contributed by atoms with Crippen molar-refractivity contribution in [3.05, 3.63) is 61.3 Å². The van der Waals surface area contributed by atoms with Gasteiger partial charge in [-0.2, -0.15) is 0 Å². The van der Waals surface area contributed by atoms with E-state index in [0.717, 1.165) is 33.4 Å². The molecule has 0 saturated heterocycles. The van der Waals surface area contributed by atoms with Crippen LogP contribution in [0, 0.1) is 0 Å². The van der Waals surface area contributed by atoms with Gasteiger partial charge in [-0.15, -0.1) is 0 Å². The first kappa shape index (κ1) is 16.8. The Kier molecular flexibility index (Phi) is 3.52. The number of hydrogen-bond donors (Lipinski definition) is 0. The van der Waals surface area contributed by atoms with Gasteiger partial charge in [0.1, 0.15) is 17.5 Å². The molecule has 0 unspecified atom stereocenters. The number of rotatable bonds is 3. The lowest BCUT2D eigenvalue weighted by Crippen LogP contribution is -2.22. The third-order valence-corrected chi connectivity index (χ3v) is 6.58. The third-order valence-electron chi connectivity index (χ3n) is 4.77. The molecule has 0 radical (unpaired) electrons. The molecule has 0 amide bonds. The topological polar surface area (TPSA) is 85.4 Å². The van der Waals surface area contributed by atoms with E-state index in [2.05, 4.69) is 9.97 Å². The van der Waals surface area contributed by atoms with Gasteiger partial charge in [-0.05, 0) is 30.3 Å². The standard InChI is InChI=1S/C19H16N6O2S/c1-23(2)28(26,27)14-5-3-4-13(10-14)25-16-6-8-20-11-15(16)18-19(25)24-12-21-9-7-17(24)22-18/h3-12H,1-2H3. The first-order valence-electron chi connectivity index (χ1n) is 8.57. The first-order valence-corrected chi connectivity index (χ1v) is 10.0. The number of benzene rings is 1. The number of sulfonamides is 1. The van der Waals surface area contributed by atoms with Gasteiger partial charge in [0.2, 0.25) is 10.0 Å². The van der Waals surface area contributed by atoms with Crippen molar-refractivity contribution in [3.8, 4) is 5.69 Å². The van der Waals surface area contributed by atoms with Crippen LogP contribution in [-0.4, -0.2) is 50.7 Å². The van der Waals surface area contributed by atoms with Gasteiger partial charge in [0.05, 0.1) is 10.4 Å². The van der Waals surface area contributed by atoms with E-state index in [1.54, 1.807) is 43.1 Å². The summed E-state index contributed by atoms with van der Waals surface area (Å²) in [4.78, 5) is 13.4. The Morgan fingerprint density at radius 2 is 1.86 bits per heavy atom. The normalized spacial score (nSPS) is 12.5. The zero-order chi connectivity index (χ0) is 19.5. The van der Waals surface area contributed by atoms with Gasteiger partial charge in [-0.1, -0.05) is 6.07 Å². The van der Waals surface area contributed by atoms with Crippen molar-refractivity contribution in [1.29, 1.82) is 0 Å². The summed E-state index contributed by atoms with van der Waals surface area (Å²) in [6.07, 6.45) is 6.88. The van der Waals surface area contributed by atoms with E-state index in [9.17, 15) is 8.42 Å². The summed E-state index contributed by atoms with van der Waals surface area (Å²) < 4.78 is 30.3. The van der Waals surface area contributed by atoms with Crippen LogP contribution >= 0.6 is 0 Å². The molecule has 0 N–H and O–H groups in total. The fourth-order valence-electron chi connectivity index (χ4n) is 3.42. The van der Waals surface area contributed by atoms with Crippen LogP contribution in [0.3, 0.4) is 0 Å². The fraction of sp³-hybridized carbons (Fsp3) is 0.105. The van der Waals surface area contributed by atoms with E-state index in [-0.39, 0.29) is 4.90 Å². The highest BCUT2D eigenvalue weighted by Crippen LogP contribution is 2.32. The van der Waals surface area contributed by atoms with Crippen LogP contribution < -0.4 is 0 Å². The second-order valence-corrected chi connectivity index (χ2v) is 8.76. The van der Waals surface area contributed by atoms with E-state index < -0.39 is 10.0 Å². The molecule has 9 heteroatoms. The summed E-state index contributed by atoms with van der Waals surface area (Å²) >= 11 is 0. The van der Waals surface area contributed by atoms with Crippen LogP contribution in [0.15, 0.2) is 66.2 Å². The van der Waals surface area contributed by atoms with Crippen molar-refractivity contribution >= 4 is 37.7 Å². The minimum absolute atomic E-state index is 0.228. The van der Waals surface area contributed by atoms with Crippen LogP contribution in [-0.2, 0) is 10.0 Å². The second kappa shape index (κ2) is 5.85. The molecule has 4 heterocycles. The summed E-state index contributed by atoms with van der Waals surface area (Å²) in [5, 5.41) is 0.891. The molecule has 4 aromatic heterocycles. The van der Waals surface area contributed by atoms with E-state index in [0.29, 0.717) is 0 Å². The molecule has 0 fully saturated rings. The molecule has 0 bridgehead atoms. The molecule has 5 rings (SSSR count). The molecule has 0 aliphatic heterocycles. The molecule has 0 atom stereocenters. The quantitative estimate of drug-likeness (QED) is 0.471. The Labute approximate surface area is 160 Å². The van der Waals surface area contributed by atoms with Crippen molar-refractivity contribution in [2.75, 3.05) is 14.1 Å². The number of aromatic nitrogens is 5. The van der Waals surface area contributed by atoms with Gasteiger partial charge in [0.25, 0.3) is 0 Å². The SMILES string of the molecule is CN(C)S(=O)(=O)c1cccc(-n2c3ccncc3c3nc4ccncn4c32)c1. The summed E-state index contributed by atoms with van der Waals surface area (Å²) in [5.74, 6) is 0. The summed E-state index contributed by atoms with van der Waals surface area (Å²) in [5.41, 5.74) is 3.98. The van der Waals surface area contributed by atoms with Gasteiger partial charge in [0, 0.05) is 43.8 Å². The van der Waals surface area contributed by atoms with Gasteiger partial charge in [-0.3, -0.25) is 14.0 Å².